The Morgan fingerprint density at radius 1 is 1.24 bits per heavy atom. The lowest BCUT2D eigenvalue weighted by molar-refractivity contribution is -0.132. The highest BCUT2D eigenvalue weighted by Crippen LogP contribution is 2.21. The summed E-state index contributed by atoms with van der Waals surface area (Å²) in [5.74, 6) is 1.58. The SMILES string of the molecule is CN(C)c1cnc(CC2CCCN(C(=O)Cn3cccn3)CC2)cn1. The van der Waals surface area contributed by atoms with Gasteiger partial charge in [-0.25, -0.2) is 4.98 Å². The van der Waals surface area contributed by atoms with Crippen LogP contribution in [0.4, 0.5) is 5.82 Å². The van der Waals surface area contributed by atoms with Gasteiger partial charge in [0.2, 0.25) is 5.91 Å². The van der Waals surface area contributed by atoms with E-state index in [0.29, 0.717) is 12.5 Å². The molecule has 1 aliphatic rings. The molecule has 0 bridgehead atoms. The average Bonchev–Trinajstić information content (AvgIpc) is 2.99. The Morgan fingerprint density at radius 2 is 2.12 bits per heavy atom. The zero-order valence-electron chi connectivity index (χ0n) is 15.0. The van der Waals surface area contributed by atoms with E-state index >= 15 is 0 Å². The number of anilines is 1. The van der Waals surface area contributed by atoms with Crippen molar-refractivity contribution in [3.05, 3.63) is 36.5 Å². The third-order valence-corrected chi connectivity index (χ3v) is 4.70. The molecule has 7 heteroatoms. The number of rotatable bonds is 5. The van der Waals surface area contributed by atoms with E-state index in [1.807, 2.05) is 48.6 Å². The van der Waals surface area contributed by atoms with Gasteiger partial charge in [-0.05, 0) is 37.7 Å². The van der Waals surface area contributed by atoms with E-state index in [2.05, 4.69) is 15.1 Å². The molecule has 3 heterocycles. The molecule has 1 unspecified atom stereocenters. The third-order valence-electron chi connectivity index (χ3n) is 4.70. The van der Waals surface area contributed by atoms with Crippen molar-refractivity contribution in [3.63, 3.8) is 0 Å². The summed E-state index contributed by atoms with van der Waals surface area (Å²) in [5.41, 5.74) is 1.03. The largest absolute Gasteiger partial charge is 0.361 e. The quantitative estimate of drug-likeness (QED) is 0.826. The van der Waals surface area contributed by atoms with E-state index in [0.717, 1.165) is 50.3 Å². The maximum Gasteiger partial charge on any atom is 0.244 e. The first-order chi connectivity index (χ1) is 12.1. The lowest BCUT2D eigenvalue weighted by Gasteiger charge is -2.20. The Labute approximate surface area is 148 Å². The second kappa shape index (κ2) is 8.09. The van der Waals surface area contributed by atoms with Gasteiger partial charge >= 0.3 is 0 Å². The molecule has 1 amide bonds. The molecule has 2 aromatic rings. The van der Waals surface area contributed by atoms with Gasteiger partial charge in [0.25, 0.3) is 0 Å². The molecule has 1 aliphatic heterocycles. The zero-order chi connectivity index (χ0) is 17.6. The number of hydrogen-bond acceptors (Lipinski definition) is 5. The van der Waals surface area contributed by atoms with Gasteiger partial charge in [-0.1, -0.05) is 0 Å². The summed E-state index contributed by atoms with van der Waals surface area (Å²) in [5, 5.41) is 4.12. The van der Waals surface area contributed by atoms with E-state index in [9.17, 15) is 4.79 Å². The van der Waals surface area contributed by atoms with E-state index < -0.39 is 0 Å². The predicted molar refractivity (Wildman–Crippen MR) is 96.2 cm³/mol. The van der Waals surface area contributed by atoms with Gasteiger partial charge < -0.3 is 9.80 Å². The summed E-state index contributed by atoms with van der Waals surface area (Å²) in [6.07, 6.45) is 11.3. The fourth-order valence-corrected chi connectivity index (χ4v) is 3.23. The normalized spacial score (nSPS) is 18.0. The average molecular weight is 342 g/mol. The lowest BCUT2D eigenvalue weighted by atomic mass is 9.95. The van der Waals surface area contributed by atoms with Crippen LogP contribution in [-0.2, 0) is 17.8 Å². The molecule has 134 valence electrons. The highest BCUT2D eigenvalue weighted by Gasteiger charge is 2.21. The number of aromatic nitrogens is 4. The predicted octanol–water partition coefficient (Wildman–Crippen LogP) is 1.61. The van der Waals surface area contributed by atoms with Gasteiger partial charge in [-0.2, -0.15) is 5.10 Å². The van der Waals surface area contributed by atoms with Gasteiger partial charge in [0.1, 0.15) is 12.4 Å². The van der Waals surface area contributed by atoms with Crippen LogP contribution in [0, 0.1) is 5.92 Å². The first-order valence-corrected chi connectivity index (χ1v) is 8.85. The minimum atomic E-state index is 0.152. The standard InChI is InChI=1S/C18H26N6O/c1-22(2)17-13-19-16(12-20-17)11-15-5-3-8-23(10-6-15)18(25)14-24-9-4-7-21-24/h4,7,9,12-13,15H,3,5-6,8,10-11,14H2,1-2H3. The summed E-state index contributed by atoms with van der Waals surface area (Å²) >= 11 is 0. The Kier molecular flexibility index (Phi) is 5.63. The molecular weight excluding hydrogens is 316 g/mol. The molecule has 0 radical (unpaired) electrons. The summed E-state index contributed by atoms with van der Waals surface area (Å²) in [7, 11) is 3.92. The van der Waals surface area contributed by atoms with Crippen LogP contribution in [0.1, 0.15) is 25.0 Å². The smallest absolute Gasteiger partial charge is 0.244 e. The minimum absolute atomic E-state index is 0.152. The van der Waals surface area contributed by atoms with E-state index in [-0.39, 0.29) is 5.91 Å². The molecule has 2 aromatic heterocycles. The van der Waals surface area contributed by atoms with Gasteiger partial charge in [0, 0.05) is 39.6 Å². The Morgan fingerprint density at radius 3 is 2.80 bits per heavy atom. The highest BCUT2D eigenvalue weighted by molar-refractivity contribution is 5.75. The molecule has 0 aliphatic carbocycles. The molecule has 0 aromatic carbocycles. The van der Waals surface area contributed by atoms with Crippen molar-refractivity contribution in [2.24, 2.45) is 5.92 Å². The van der Waals surface area contributed by atoms with Crippen LogP contribution in [0.3, 0.4) is 0 Å². The van der Waals surface area contributed by atoms with Crippen molar-refractivity contribution >= 4 is 11.7 Å². The second-order valence-corrected chi connectivity index (χ2v) is 6.85. The monoisotopic (exact) mass is 342 g/mol. The number of carbonyl (C=O) groups excluding carboxylic acids is 1. The van der Waals surface area contributed by atoms with Crippen molar-refractivity contribution in [2.45, 2.75) is 32.2 Å². The molecule has 0 saturated carbocycles. The molecule has 3 rings (SSSR count). The van der Waals surface area contributed by atoms with Crippen molar-refractivity contribution < 1.29 is 4.79 Å². The Bertz CT molecular complexity index is 667. The third kappa shape index (κ3) is 4.78. The van der Waals surface area contributed by atoms with E-state index in [1.54, 1.807) is 10.9 Å². The number of likely N-dealkylation sites (tertiary alicyclic amines) is 1. The van der Waals surface area contributed by atoms with Crippen molar-refractivity contribution in [3.8, 4) is 0 Å². The summed E-state index contributed by atoms with van der Waals surface area (Å²) < 4.78 is 1.69. The van der Waals surface area contributed by atoms with Gasteiger partial charge in [-0.3, -0.25) is 14.5 Å². The number of carbonyl (C=O) groups is 1. The van der Waals surface area contributed by atoms with Crippen LogP contribution in [0.5, 0.6) is 0 Å². The fourth-order valence-electron chi connectivity index (χ4n) is 3.23. The molecule has 25 heavy (non-hydrogen) atoms. The molecule has 1 fully saturated rings. The molecule has 1 saturated heterocycles. The summed E-state index contributed by atoms with van der Waals surface area (Å²) in [4.78, 5) is 25.3. The van der Waals surface area contributed by atoms with Gasteiger partial charge in [0.05, 0.1) is 18.1 Å². The van der Waals surface area contributed by atoms with Crippen LogP contribution in [0.2, 0.25) is 0 Å². The first-order valence-electron chi connectivity index (χ1n) is 8.85. The summed E-state index contributed by atoms with van der Waals surface area (Å²) in [6, 6.07) is 1.84. The molecular formula is C18H26N6O. The molecule has 7 nitrogen and oxygen atoms in total. The van der Waals surface area contributed by atoms with Crippen LogP contribution >= 0.6 is 0 Å². The van der Waals surface area contributed by atoms with E-state index in [1.165, 1.54) is 0 Å². The topological polar surface area (TPSA) is 67.2 Å². The fraction of sp³-hybridized carbons (Fsp3) is 0.556. The zero-order valence-corrected chi connectivity index (χ0v) is 15.0. The molecule has 0 spiro atoms. The van der Waals surface area contributed by atoms with Crippen molar-refractivity contribution in [1.29, 1.82) is 0 Å². The van der Waals surface area contributed by atoms with Crippen LogP contribution in [0.25, 0.3) is 0 Å². The Hall–Kier alpha value is -2.44. The van der Waals surface area contributed by atoms with Crippen molar-refractivity contribution in [1.82, 2.24) is 24.6 Å². The lowest BCUT2D eigenvalue weighted by Crippen LogP contribution is -2.34. The summed E-state index contributed by atoms with van der Waals surface area (Å²) in [6.45, 7) is 1.98. The van der Waals surface area contributed by atoms with Crippen LogP contribution < -0.4 is 4.90 Å². The minimum Gasteiger partial charge on any atom is -0.361 e. The van der Waals surface area contributed by atoms with Gasteiger partial charge in [-0.15, -0.1) is 0 Å². The molecule has 0 N–H and O–H groups in total. The van der Waals surface area contributed by atoms with Crippen LogP contribution in [0.15, 0.2) is 30.9 Å². The first kappa shape index (κ1) is 17.4. The number of amides is 1. The molecule has 1 atom stereocenters. The van der Waals surface area contributed by atoms with Crippen LogP contribution in [-0.4, -0.2) is 57.7 Å². The number of nitrogens with zero attached hydrogens (tertiary/aromatic N) is 6. The van der Waals surface area contributed by atoms with Gasteiger partial charge in [0.15, 0.2) is 0 Å². The van der Waals surface area contributed by atoms with Crippen molar-refractivity contribution in [2.75, 3.05) is 32.1 Å². The maximum atomic E-state index is 12.4. The second-order valence-electron chi connectivity index (χ2n) is 6.85. The number of hydrogen-bond donors (Lipinski definition) is 0. The highest BCUT2D eigenvalue weighted by atomic mass is 16.2. The van der Waals surface area contributed by atoms with E-state index in [4.69, 9.17) is 0 Å². The Balaban J connectivity index is 1.51. The maximum absolute atomic E-state index is 12.4.